The zero-order valence-electron chi connectivity index (χ0n) is 23.5. The number of hydrogen-bond acceptors (Lipinski definition) is 15. The minimum Gasteiger partial charge on any atom is -0.493 e. The Morgan fingerprint density at radius 3 is 1.55 bits per heavy atom. The Morgan fingerprint density at radius 2 is 1.12 bits per heavy atom. The van der Waals surface area contributed by atoms with Crippen LogP contribution in [-0.2, 0) is 42.9 Å². The monoisotopic (exact) mass is 593 g/mol. The van der Waals surface area contributed by atoms with Crippen LogP contribution in [0.4, 0.5) is 5.69 Å². The highest BCUT2D eigenvalue weighted by atomic mass is 16.7. The highest BCUT2D eigenvalue weighted by molar-refractivity contribution is 5.74. The standard InChI is InChI=1S/C26H27NO15/c1-12(28)37-24-22(36-7)8-17(25(38-13(2)29)39-14(3)30)9-23(24)42-21-11-19(27(33)34)18(10-20(21)35-6)26(40-15(4)31)41-16(5)32/h8-11,25-26H,1-7H3. The molecule has 16 nitrogen and oxygen atoms in total. The first-order valence-corrected chi connectivity index (χ1v) is 11.8. The lowest BCUT2D eigenvalue weighted by Crippen LogP contribution is -2.16. The van der Waals surface area contributed by atoms with Crippen LogP contribution >= 0.6 is 0 Å². The molecule has 0 aliphatic rings. The van der Waals surface area contributed by atoms with E-state index in [1.54, 1.807) is 0 Å². The van der Waals surface area contributed by atoms with Crippen molar-refractivity contribution in [3.63, 3.8) is 0 Å². The molecule has 0 aromatic heterocycles. The molecule has 2 aromatic rings. The maximum Gasteiger partial charge on any atom is 0.308 e. The van der Waals surface area contributed by atoms with Crippen molar-refractivity contribution < 1.29 is 66.8 Å². The van der Waals surface area contributed by atoms with Gasteiger partial charge in [0.05, 0.1) is 25.2 Å². The number of ether oxygens (including phenoxy) is 8. The molecule has 226 valence electrons. The van der Waals surface area contributed by atoms with Crippen LogP contribution in [0.1, 0.15) is 58.3 Å². The molecule has 0 radical (unpaired) electrons. The van der Waals surface area contributed by atoms with Gasteiger partial charge in [0.15, 0.2) is 23.0 Å². The van der Waals surface area contributed by atoms with Gasteiger partial charge in [-0.2, -0.15) is 0 Å². The highest BCUT2D eigenvalue weighted by Crippen LogP contribution is 2.47. The minimum absolute atomic E-state index is 0.0157. The van der Waals surface area contributed by atoms with E-state index in [2.05, 4.69) is 0 Å². The maximum atomic E-state index is 12.0. The third-order valence-corrected chi connectivity index (χ3v) is 4.86. The molecule has 0 spiro atoms. The number of carbonyl (C=O) groups excluding carboxylic acids is 5. The summed E-state index contributed by atoms with van der Waals surface area (Å²) in [5.74, 6) is -5.51. The summed E-state index contributed by atoms with van der Waals surface area (Å²) in [5.41, 5.74) is -1.10. The van der Waals surface area contributed by atoms with Gasteiger partial charge in [-0.1, -0.05) is 0 Å². The molecule has 0 aliphatic heterocycles. The fraction of sp³-hybridized carbons (Fsp3) is 0.346. The van der Waals surface area contributed by atoms with Crippen LogP contribution in [-0.4, -0.2) is 49.0 Å². The lowest BCUT2D eigenvalue weighted by Gasteiger charge is -2.21. The molecular weight excluding hydrogens is 566 g/mol. The van der Waals surface area contributed by atoms with Crippen LogP contribution in [0.2, 0.25) is 0 Å². The smallest absolute Gasteiger partial charge is 0.308 e. The van der Waals surface area contributed by atoms with Gasteiger partial charge in [0.1, 0.15) is 5.56 Å². The van der Waals surface area contributed by atoms with Crippen molar-refractivity contribution in [3.8, 4) is 28.7 Å². The summed E-state index contributed by atoms with van der Waals surface area (Å²) in [6.45, 7) is 5.24. The van der Waals surface area contributed by atoms with Gasteiger partial charge in [-0.3, -0.25) is 34.1 Å². The molecule has 0 heterocycles. The Morgan fingerprint density at radius 1 is 0.643 bits per heavy atom. The lowest BCUT2D eigenvalue weighted by atomic mass is 10.1. The zero-order chi connectivity index (χ0) is 31.7. The molecule has 16 heteroatoms. The van der Waals surface area contributed by atoms with Gasteiger partial charge >= 0.3 is 29.8 Å². The molecule has 2 aromatic carbocycles. The summed E-state index contributed by atoms with van der Waals surface area (Å²) in [7, 11) is 2.40. The van der Waals surface area contributed by atoms with E-state index in [4.69, 9.17) is 37.9 Å². The first kappa shape index (κ1) is 32.8. The van der Waals surface area contributed by atoms with Crippen molar-refractivity contribution in [3.05, 3.63) is 45.5 Å². The molecule has 0 N–H and O–H groups in total. The van der Waals surface area contributed by atoms with Gasteiger partial charge in [-0.25, -0.2) is 0 Å². The molecular formula is C26H27NO15. The molecule has 0 aliphatic carbocycles. The second-order valence-corrected chi connectivity index (χ2v) is 8.17. The van der Waals surface area contributed by atoms with Crippen molar-refractivity contribution >= 4 is 35.5 Å². The van der Waals surface area contributed by atoms with E-state index in [0.717, 1.165) is 52.8 Å². The molecule has 0 bridgehead atoms. The van der Waals surface area contributed by atoms with Gasteiger partial charge in [0.25, 0.3) is 18.3 Å². The summed E-state index contributed by atoms with van der Waals surface area (Å²) >= 11 is 0. The van der Waals surface area contributed by atoms with Crippen molar-refractivity contribution in [1.82, 2.24) is 0 Å². The Balaban J connectivity index is 2.82. The molecule has 0 saturated heterocycles. The predicted molar refractivity (Wildman–Crippen MR) is 137 cm³/mol. The molecule has 0 saturated carbocycles. The molecule has 42 heavy (non-hydrogen) atoms. The van der Waals surface area contributed by atoms with E-state index in [0.29, 0.717) is 0 Å². The van der Waals surface area contributed by atoms with Crippen LogP contribution in [0.3, 0.4) is 0 Å². The molecule has 0 fully saturated rings. The second-order valence-electron chi connectivity index (χ2n) is 8.17. The molecule has 2 rings (SSSR count). The Bertz CT molecular complexity index is 1370. The van der Waals surface area contributed by atoms with E-state index < -0.39 is 53.0 Å². The van der Waals surface area contributed by atoms with Gasteiger partial charge in [0, 0.05) is 46.2 Å². The van der Waals surface area contributed by atoms with Gasteiger partial charge in [0.2, 0.25) is 5.75 Å². The number of esters is 5. The Labute approximate surface area is 238 Å². The van der Waals surface area contributed by atoms with Gasteiger partial charge in [-0.05, 0) is 12.1 Å². The first-order valence-electron chi connectivity index (χ1n) is 11.8. The number of hydrogen-bond donors (Lipinski definition) is 0. The van der Waals surface area contributed by atoms with E-state index in [-0.39, 0.29) is 39.9 Å². The van der Waals surface area contributed by atoms with E-state index in [1.165, 1.54) is 20.3 Å². The third-order valence-electron chi connectivity index (χ3n) is 4.86. The average Bonchev–Trinajstić information content (AvgIpc) is 2.87. The summed E-state index contributed by atoms with van der Waals surface area (Å²) in [6.07, 6.45) is -3.40. The first-order chi connectivity index (χ1) is 19.7. The minimum atomic E-state index is -1.81. The second kappa shape index (κ2) is 14.3. The topological polar surface area (TPSA) is 202 Å². The van der Waals surface area contributed by atoms with E-state index in [9.17, 15) is 34.1 Å². The fourth-order valence-electron chi connectivity index (χ4n) is 3.39. The lowest BCUT2D eigenvalue weighted by molar-refractivity contribution is -0.386. The highest BCUT2D eigenvalue weighted by Gasteiger charge is 2.32. The summed E-state index contributed by atoms with van der Waals surface area (Å²) in [6, 6.07) is 4.32. The van der Waals surface area contributed by atoms with Crippen LogP contribution < -0.4 is 18.9 Å². The number of nitro benzene ring substituents is 1. The van der Waals surface area contributed by atoms with Crippen molar-refractivity contribution in [2.24, 2.45) is 0 Å². The van der Waals surface area contributed by atoms with Crippen LogP contribution in [0, 0.1) is 10.1 Å². The van der Waals surface area contributed by atoms with Gasteiger partial charge in [-0.15, -0.1) is 0 Å². The van der Waals surface area contributed by atoms with E-state index >= 15 is 0 Å². The molecule has 0 amide bonds. The normalized spacial score (nSPS) is 10.4. The largest absolute Gasteiger partial charge is 0.493 e. The number of methoxy groups -OCH3 is 2. The Hall–Kier alpha value is -5.41. The zero-order valence-corrected chi connectivity index (χ0v) is 23.5. The number of carbonyl (C=O) groups is 5. The fourth-order valence-corrected chi connectivity index (χ4v) is 3.39. The molecule has 0 unspecified atom stereocenters. The summed E-state index contributed by atoms with van der Waals surface area (Å²) in [4.78, 5) is 69.6. The SMILES string of the molecule is COc1cc(C(OC(C)=O)OC(C)=O)c([N+](=O)[O-])cc1Oc1cc(C(OC(C)=O)OC(C)=O)cc(OC)c1OC(C)=O. The number of nitrogens with zero attached hydrogens (tertiary/aromatic N) is 1. The van der Waals surface area contributed by atoms with Crippen LogP contribution in [0.25, 0.3) is 0 Å². The summed E-state index contributed by atoms with van der Waals surface area (Å²) < 4.78 is 41.8. The number of rotatable bonds is 12. The quantitative estimate of drug-likeness (QED) is 0.113. The predicted octanol–water partition coefficient (Wildman–Crippen LogP) is 3.58. The third kappa shape index (κ3) is 8.80. The van der Waals surface area contributed by atoms with Crippen LogP contribution in [0.5, 0.6) is 28.7 Å². The summed E-state index contributed by atoms with van der Waals surface area (Å²) in [5, 5.41) is 12.0. The van der Waals surface area contributed by atoms with Crippen molar-refractivity contribution in [2.75, 3.05) is 14.2 Å². The van der Waals surface area contributed by atoms with Crippen molar-refractivity contribution in [2.45, 2.75) is 47.2 Å². The van der Waals surface area contributed by atoms with E-state index in [1.807, 2.05) is 0 Å². The maximum absolute atomic E-state index is 12.0. The molecule has 0 atom stereocenters. The Kier molecular flexibility index (Phi) is 11.2. The average molecular weight is 593 g/mol. The number of nitro groups is 1. The number of benzene rings is 2. The van der Waals surface area contributed by atoms with Crippen LogP contribution in [0.15, 0.2) is 24.3 Å². The van der Waals surface area contributed by atoms with Crippen molar-refractivity contribution in [1.29, 1.82) is 0 Å². The van der Waals surface area contributed by atoms with Gasteiger partial charge < -0.3 is 37.9 Å².